The Bertz CT molecular complexity index is 446. The standard InChI is InChI=1S/C14H13Br/c1-2-11-8-9-13(10-14(11)15)12-6-4-3-5-7-12/h3-10H,2H2,1H3. The van der Waals surface area contributed by atoms with Gasteiger partial charge in [0.25, 0.3) is 0 Å². The Morgan fingerprint density at radius 1 is 0.933 bits per heavy atom. The maximum Gasteiger partial charge on any atom is 0.0213 e. The van der Waals surface area contributed by atoms with E-state index in [1.807, 2.05) is 6.07 Å². The number of aryl methyl sites for hydroxylation is 1. The van der Waals surface area contributed by atoms with Gasteiger partial charge in [-0.15, -0.1) is 0 Å². The molecule has 2 aromatic carbocycles. The molecule has 1 heteroatoms. The van der Waals surface area contributed by atoms with Gasteiger partial charge in [-0.25, -0.2) is 0 Å². The Kier molecular flexibility index (Phi) is 3.22. The summed E-state index contributed by atoms with van der Waals surface area (Å²) in [5, 5.41) is 0. The minimum Gasteiger partial charge on any atom is -0.0622 e. The van der Waals surface area contributed by atoms with E-state index in [1.165, 1.54) is 21.2 Å². The molecular formula is C14H13Br. The highest BCUT2D eigenvalue weighted by molar-refractivity contribution is 9.10. The molecule has 0 unspecified atom stereocenters. The topological polar surface area (TPSA) is 0 Å². The van der Waals surface area contributed by atoms with E-state index in [2.05, 4.69) is 65.3 Å². The molecule has 0 spiro atoms. The average molecular weight is 261 g/mol. The van der Waals surface area contributed by atoms with Gasteiger partial charge in [0, 0.05) is 4.47 Å². The zero-order chi connectivity index (χ0) is 10.7. The first-order valence-corrected chi connectivity index (χ1v) is 5.94. The summed E-state index contributed by atoms with van der Waals surface area (Å²) in [5.74, 6) is 0. The molecule has 0 aliphatic rings. The van der Waals surface area contributed by atoms with Crippen LogP contribution >= 0.6 is 15.9 Å². The highest BCUT2D eigenvalue weighted by Gasteiger charge is 2.01. The van der Waals surface area contributed by atoms with Crippen molar-refractivity contribution in [1.82, 2.24) is 0 Å². The summed E-state index contributed by atoms with van der Waals surface area (Å²) in [7, 11) is 0. The quantitative estimate of drug-likeness (QED) is 0.736. The van der Waals surface area contributed by atoms with E-state index >= 15 is 0 Å². The predicted octanol–water partition coefficient (Wildman–Crippen LogP) is 4.68. The molecular weight excluding hydrogens is 248 g/mol. The lowest BCUT2D eigenvalue weighted by Crippen LogP contribution is -1.84. The monoisotopic (exact) mass is 260 g/mol. The van der Waals surface area contributed by atoms with Crippen molar-refractivity contribution in [2.75, 3.05) is 0 Å². The maximum atomic E-state index is 3.60. The molecule has 15 heavy (non-hydrogen) atoms. The highest BCUT2D eigenvalue weighted by atomic mass is 79.9. The Labute approximate surface area is 99.1 Å². The molecule has 2 aromatic rings. The minimum atomic E-state index is 1.07. The van der Waals surface area contributed by atoms with Gasteiger partial charge >= 0.3 is 0 Å². The molecule has 0 atom stereocenters. The fraction of sp³-hybridized carbons (Fsp3) is 0.143. The van der Waals surface area contributed by atoms with E-state index < -0.39 is 0 Å². The van der Waals surface area contributed by atoms with Crippen molar-refractivity contribution in [2.24, 2.45) is 0 Å². The normalized spacial score (nSPS) is 10.3. The van der Waals surface area contributed by atoms with E-state index in [0.717, 1.165) is 6.42 Å². The molecule has 0 nitrogen and oxygen atoms in total. The molecule has 0 N–H and O–H groups in total. The van der Waals surface area contributed by atoms with Crippen molar-refractivity contribution < 1.29 is 0 Å². The molecule has 0 aromatic heterocycles. The van der Waals surface area contributed by atoms with Crippen molar-refractivity contribution in [3.05, 3.63) is 58.6 Å². The number of benzene rings is 2. The fourth-order valence-corrected chi connectivity index (χ4v) is 2.30. The zero-order valence-corrected chi connectivity index (χ0v) is 10.3. The van der Waals surface area contributed by atoms with E-state index in [0.29, 0.717) is 0 Å². The van der Waals surface area contributed by atoms with Crippen molar-refractivity contribution in [3.8, 4) is 11.1 Å². The van der Waals surface area contributed by atoms with Gasteiger partial charge in [-0.2, -0.15) is 0 Å². The van der Waals surface area contributed by atoms with Gasteiger partial charge in [0.2, 0.25) is 0 Å². The van der Waals surface area contributed by atoms with Gasteiger partial charge in [0.1, 0.15) is 0 Å². The molecule has 0 saturated heterocycles. The molecule has 0 saturated carbocycles. The Hall–Kier alpha value is -1.08. The van der Waals surface area contributed by atoms with Crippen molar-refractivity contribution in [3.63, 3.8) is 0 Å². The van der Waals surface area contributed by atoms with Crippen LogP contribution in [0.4, 0.5) is 0 Å². The van der Waals surface area contributed by atoms with Crippen molar-refractivity contribution in [1.29, 1.82) is 0 Å². The zero-order valence-electron chi connectivity index (χ0n) is 8.70. The summed E-state index contributed by atoms with van der Waals surface area (Å²) in [6.45, 7) is 2.17. The van der Waals surface area contributed by atoms with E-state index in [-0.39, 0.29) is 0 Å². The molecule has 0 fully saturated rings. The summed E-state index contributed by atoms with van der Waals surface area (Å²) in [4.78, 5) is 0. The lowest BCUT2D eigenvalue weighted by molar-refractivity contribution is 1.13. The third-order valence-electron chi connectivity index (χ3n) is 2.54. The highest BCUT2D eigenvalue weighted by Crippen LogP contribution is 2.25. The summed E-state index contributed by atoms with van der Waals surface area (Å²) in [5.41, 5.74) is 3.88. The lowest BCUT2D eigenvalue weighted by atomic mass is 10.0. The predicted molar refractivity (Wildman–Crippen MR) is 69.0 cm³/mol. The van der Waals surface area contributed by atoms with E-state index in [9.17, 15) is 0 Å². The van der Waals surface area contributed by atoms with E-state index in [4.69, 9.17) is 0 Å². The van der Waals surface area contributed by atoms with Crippen LogP contribution in [0.1, 0.15) is 12.5 Å². The van der Waals surface area contributed by atoms with Gasteiger partial charge in [-0.3, -0.25) is 0 Å². The van der Waals surface area contributed by atoms with Crippen molar-refractivity contribution in [2.45, 2.75) is 13.3 Å². The Balaban J connectivity index is 2.43. The van der Waals surface area contributed by atoms with Gasteiger partial charge < -0.3 is 0 Å². The van der Waals surface area contributed by atoms with Crippen LogP contribution in [0, 0.1) is 0 Å². The molecule has 0 amide bonds. The third kappa shape index (κ3) is 2.29. The Morgan fingerprint density at radius 2 is 1.67 bits per heavy atom. The first-order chi connectivity index (χ1) is 7.31. The van der Waals surface area contributed by atoms with Crippen LogP contribution in [0.5, 0.6) is 0 Å². The average Bonchev–Trinajstić information content (AvgIpc) is 2.30. The molecule has 0 aliphatic carbocycles. The molecule has 0 aliphatic heterocycles. The van der Waals surface area contributed by atoms with Gasteiger partial charge in [-0.1, -0.05) is 65.3 Å². The van der Waals surface area contributed by atoms with Gasteiger partial charge in [0.05, 0.1) is 0 Å². The second-order valence-corrected chi connectivity index (χ2v) is 4.38. The van der Waals surface area contributed by atoms with Crippen LogP contribution in [-0.4, -0.2) is 0 Å². The van der Waals surface area contributed by atoms with Gasteiger partial charge in [-0.05, 0) is 29.2 Å². The van der Waals surface area contributed by atoms with Crippen LogP contribution in [0.15, 0.2) is 53.0 Å². The van der Waals surface area contributed by atoms with E-state index in [1.54, 1.807) is 0 Å². The smallest absolute Gasteiger partial charge is 0.0213 e. The SMILES string of the molecule is CCc1ccc(-c2ccccc2)cc1Br. The number of rotatable bonds is 2. The largest absolute Gasteiger partial charge is 0.0622 e. The van der Waals surface area contributed by atoms with Crippen molar-refractivity contribution >= 4 is 15.9 Å². The molecule has 2 rings (SSSR count). The number of hydrogen-bond donors (Lipinski definition) is 0. The second kappa shape index (κ2) is 4.63. The molecule has 76 valence electrons. The number of halogens is 1. The van der Waals surface area contributed by atoms with Crippen LogP contribution in [0.25, 0.3) is 11.1 Å². The summed E-state index contributed by atoms with van der Waals surface area (Å²) < 4.78 is 1.20. The van der Waals surface area contributed by atoms with Crippen LogP contribution in [-0.2, 0) is 6.42 Å². The van der Waals surface area contributed by atoms with Gasteiger partial charge in [0.15, 0.2) is 0 Å². The third-order valence-corrected chi connectivity index (χ3v) is 3.28. The minimum absolute atomic E-state index is 1.07. The Morgan fingerprint density at radius 3 is 2.27 bits per heavy atom. The first kappa shape index (κ1) is 10.4. The van der Waals surface area contributed by atoms with Crippen LogP contribution in [0.2, 0.25) is 0 Å². The first-order valence-electron chi connectivity index (χ1n) is 5.15. The van der Waals surface area contributed by atoms with Crippen LogP contribution in [0.3, 0.4) is 0 Å². The summed E-state index contributed by atoms with van der Waals surface area (Å²) in [6, 6.07) is 17.0. The molecule has 0 heterocycles. The second-order valence-electron chi connectivity index (χ2n) is 3.53. The summed E-state index contributed by atoms with van der Waals surface area (Å²) >= 11 is 3.60. The molecule has 0 radical (unpaired) electrons. The lowest BCUT2D eigenvalue weighted by Gasteiger charge is -2.05. The number of hydrogen-bond acceptors (Lipinski definition) is 0. The maximum absolute atomic E-state index is 3.60. The summed E-state index contributed by atoms with van der Waals surface area (Å²) in [6.07, 6.45) is 1.07. The fourth-order valence-electron chi connectivity index (χ4n) is 1.64. The van der Waals surface area contributed by atoms with Crippen LogP contribution < -0.4 is 0 Å². The molecule has 0 bridgehead atoms.